The van der Waals surface area contributed by atoms with Crippen molar-refractivity contribution in [1.29, 1.82) is 0 Å². The monoisotopic (exact) mass is 258 g/mol. The first-order chi connectivity index (χ1) is 9.19. The predicted molar refractivity (Wildman–Crippen MR) is 69.7 cm³/mol. The van der Waals surface area contributed by atoms with Gasteiger partial charge in [-0.05, 0) is 24.6 Å². The lowest BCUT2D eigenvalue weighted by Crippen LogP contribution is -2.11. The van der Waals surface area contributed by atoms with Gasteiger partial charge in [0.15, 0.2) is 0 Å². The van der Waals surface area contributed by atoms with Crippen molar-refractivity contribution in [1.82, 2.24) is 15.0 Å². The minimum atomic E-state index is -0.546. The molecule has 0 fully saturated rings. The molecular weight excluding hydrogens is 244 g/mol. The highest BCUT2D eigenvalue weighted by atomic mass is 16.5. The minimum absolute atomic E-state index is 0.0553. The Morgan fingerprint density at radius 3 is 2.74 bits per heavy atom. The molecule has 2 aromatic rings. The van der Waals surface area contributed by atoms with Crippen LogP contribution < -0.4 is 5.32 Å². The number of rotatable bonds is 4. The second-order valence-electron chi connectivity index (χ2n) is 3.92. The molecule has 0 aromatic carbocycles. The second kappa shape index (κ2) is 5.90. The summed E-state index contributed by atoms with van der Waals surface area (Å²) < 4.78 is 4.61. The van der Waals surface area contributed by atoms with Crippen LogP contribution in [0.5, 0.6) is 0 Å². The van der Waals surface area contributed by atoms with E-state index in [9.17, 15) is 4.79 Å². The Balaban J connectivity index is 2.12. The molecule has 98 valence electrons. The fourth-order valence-electron chi connectivity index (χ4n) is 1.53. The number of hydrogen-bond donors (Lipinski definition) is 1. The van der Waals surface area contributed by atoms with Crippen LogP contribution in [0.1, 0.15) is 21.9 Å². The van der Waals surface area contributed by atoms with Gasteiger partial charge < -0.3 is 10.1 Å². The molecule has 0 saturated heterocycles. The lowest BCUT2D eigenvalue weighted by Gasteiger charge is -2.07. The molecule has 6 nitrogen and oxygen atoms in total. The van der Waals surface area contributed by atoms with E-state index in [0.717, 1.165) is 5.56 Å². The molecule has 0 aliphatic rings. The first kappa shape index (κ1) is 12.9. The van der Waals surface area contributed by atoms with E-state index in [1.54, 1.807) is 25.4 Å². The zero-order valence-electron chi connectivity index (χ0n) is 10.8. The smallest absolute Gasteiger partial charge is 0.376 e. The lowest BCUT2D eigenvalue weighted by atomic mass is 10.3. The zero-order chi connectivity index (χ0) is 13.7. The van der Waals surface area contributed by atoms with Gasteiger partial charge in [-0.25, -0.2) is 14.8 Å². The molecule has 0 spiro atoms. The number of anilines is 1. The summed E-state index contributed by atoms with van der Waals surface area (Å²) in [4.78, 5) is 23.5. The van der Waals surface area contributed by atoms with E-state index in [1.807, 2.05) is 12.1 Å². The molecule has 2 aromatic heterocycles. The summed E-state index contributed by atoms with van der Waals surface area (Å²) in [5.74, 6) is 0.0973. The Hall–Kier alpha value is -2.50. The molecular formula is C13H14N4O2. The van der Waals surface area contributed by atoms with E-state index in [4.69, 9.17) is 0 Å². The highest BCUT2D eigenvalue weighted by Gasteiger charge is 2.11. The topological polar surface area (TPSA) is 77.0 Å². The van der Waals surface area contributed by atoms with E-state index in [2.05, 4.69) is 25.0 Å². The van der Waals surface area contributed by atoms with Crippen molar-refractivity contribution in [3.63, 3.8) is 0 Å². The lowest BCUT2D eigenvalue weighted by molar-refractivity contribution is 0.0586. The highest BCUT2D eigenvalue weighted by Crippen LogP contribution is 2.09. The molecule has 2 heterocycles. The summed E-state index contributed by atoms with van der Waals surface area (Å²) in [5, 5.41) is 3.13. The number of nitrogens with zero attached hydrogens (tertiary/aromatic N) is 3. The second-order valence-corrected chi connectivity index (χ2v) is 3.92. The SMILES string of the molecule is COC(=O)c1nc(C)cc(NCc2ccncc2)n1. The third kappa shape index (κ3) is 3.48. The molecule has 0 amide bonds. The number of carbonyl (C=O) groups excluding carboxylic acids is 1. The van der Waals surface area contributed by atoms with E-state index in [-0.39, 0.29) is 5.82 Å². The van der Waals surface area contributed by atoms with Crippen molar-refractivity contribution >= 4 is 11.8 Å². The average molecular weight is 258 g/mol. The number of pyridine rings is 1. The van der Waals surface area contributed by atoms with E-state index in [1.165, 1.54) is 7.11 Å². The van der Waals surface area contributed by atoms with Crippen molar-refractivity contribution in [2.75, 3.05) is 12.4 Å². The average Bonchev–Trinajstić information content (AvgIpc) is 2.45. The number of aromatic nitrogens is 3. The van der Waals surface area contributed by atoms with Gasteiger partial charge in [-0.2, -0.15) is 0 Å². The molecule has 0 aliphatic carbocycles. The van der Waals surface area contributed by atoms with Crippen LogP contribution in [-0.4, -0.2) is 28.0 Å². The van der Waals surface area contributed by atoms with Gasteiger partial charge in [0, 0.05) is 30.7 Å². The number of ether oxygens (including phenoxy) is 1. The van der Waals surface area contributed by atoms with Gasteiger partial charge in [0.2, 0.25) is 5.82 Å². The van der Waals surface area contributed by atoms with Crippen molar-refractivity contribution in [2.45, 2.75) is 13.5 Å². The summed E-state index contributed by atoms with van der Waals surface area (Å²) >= 11 is 0. The van der Waals surface area contributed by atoms with Crippen molar-refractivity contribution in [3.05, 3.63) is 47.7 Å². The van der Waals surface area contributed by atoms with Crippen molar-refractivity contribution in [2.24, 2.45) is 0 Å². The number of hydrogen-bond acceptors (Lipinski definition) is 6. The molecule has 0 radical (unpaired) electrons. The Bertz CT molecular complexity index is 572. The molecule has 2 rings (SSSR count). The molecule has 19 heavy (non-hydrogen) atoms. The molecule has 0 bridgehead atoms. The maximum atomic E-state index is 11.4. The number of nitrogens with one attached hydrogen (secondary N) is 1. The van der Waals surface area contributed by atoms with Crippen LogP contribution in [0.15, 0.2) is 30.6 Å². The Labute approximate surface area is 110 Å². The molecule has 0 unspecified atom stereocenters. The van der Waals surface area contributed by atoms with Crippen LogP contribution in [0, 0.1) is 6.92 Å². The van der Waals surface area contributed by atoms with E-state index < -0.39 is 5.97 Å². The number of methoxy groups -OCH3 is 1. The number of aryl methyl sites for hydroxylation is 1. The zero-order valence-corrected chi connectivity index (χ0v) is 10.8. The summed E-state index contributed by atoms with van der Waals surface area (Å²) in [7, 11) is 1.30. The first-order valence-electron chi connectivity index (χ1n) is 5.76. The van der Waals surface area contributed by atoms with Crippen molar-refractivity contribution in [3.8, 4) is 0 Å². The first-order valence-corrected chi connectivity index (χ1v) is 5.76. The Kier molecular flexibility index (Phi) is 4.02. The van der Waals surface area contributed by atoms with Crippen LogP contribution in [0.3, 0.4) is 0 Å². The predicted octanol–water partition coefficient (Wildman–Crippen LogP) is 1.58. The van der Waals surface area contributed by atoms with Gasteiger partial charge >= 0.3 is 5.97 Å². The normalized spacial score (nSPS) is 10.0. The molecule has 0 aliphatic heterocycles. The summed E-state index contributed by atoms with van der Waals surface area (Å²) in [6.07, 6.45) is 3.45. The van der Waals surface area contributed by atoms with Crippen LogP contribution in [0.25, 0.3) is 0 Å². The quantitative estimate of drug-likeness (QED) is 0.839. The maximum Gasteiger partial charge on any atom is 0.376 e. The van der Waals surface area contributed by atoms with Crippen LogP contribution in [-0.2, 0) is 11.3 Å². The molecule has 0 atom stereocenters. The minimum Gasteiger partial charge on any atom is -0.463 e. The van der Waals surface area contributed by atoms with Crippen molar-refractivity contribution < 1.29 is 9.53 Å². The van der Waals surface area contributed by atoms with Crippen LogP contribution >= 0.6 is 0 Å². The van der Waals surface area contributed by atoms with Gasteiger partial charge in [0.1, 0.15) is 5.82 Å². The van der Waals surface area contributed by atoms with Gasteiger partial charge in [-0.15, -0.1) is 0 Å². The van der Waals surface area contributed by atoms with E-state index in [0.29, 0.717) is 18.1 Å². The van der Waals surface area contributed by atoms with Crippen LogP contribution in [0.4, 0.5) is 5.82 Å². The van der Waals surface area contributed by atoms with Gasteiger partial charge in [0.05, 0.1) is 7.11 Å². The van der Waals surface area contributed by atoms with E-state index >= 15 is 0 Å². The largest absolute Gasteiger partial charge is 0.463 e. The molecule has 6 heteroatoms. The highest BCUT2D eigenvalue weighted by molar-refractivity contribution is 5.85. The van der Waals surface area contributed by atoms with Gasteiger partial charge in [-0.1, -0.05) is 0 Å². The fraction of sp³-hybridized carbons (Fsp3) is 0.231. The molecule has 0 saturated carbocycles. The van der Waals surface area contributed by atoms with Crippen LogP contribution in [0.2, 0.25) is 0 Å². The Morgan fingerprint density at radius 2 is 2.05 bits per heavy atom. The van der Waals surface area contributed by atoms with Gasteiger partial charge in [-0.3, -0.25) is 4.98 Å². The fourth-order valence-corrected chi connectivity index (χ4v) is 1.53. The third-order valence-corrected chi connectivity index (χ3v) is 2.45. The number of esters is 1. The standard InChI is InChI=1S/C13H14N4O2/c1-9-7-11(17-12(16-9)13(18)19-2)15-8-10-3-5-14-6-4-10/h3-7H,8H2,1-2H3,(H,15,16,17). The summed E-state index contributed by atoms with van der Waals surface area (Å²) in [5.41, 5.74) is 1.78. The summed E-state index contributed by atoms with van der Waals surface area (Å²) in [6.45, 7) is 2.39. The molecule has 1 N–H and O–H groups in total. The Morgan fingerprint density at radius 1 is 1.32 bits per heavy atom. The third-order valence-electron chi connectivity index (χ3n) is 2.45. The maximum absolute atomic E-state index is 11.4. The summed E-state index contributed by atoms with van der Waals surface area (Å²) in [6, 6.07) is 5.58. The number of carbonyl (C=O) groups is 1. The van der Waals surface area contributed by atoms with Gasteiger partial charge in [0.25, 0.3) is 0 Å².